The minimum absolute atomic E-state index is 0.368. The SMILES string of the molecule is Cc1cccc(Cn2cnc([N+](=O)[O-])n2)c1. The van der Waals surface area contributed by atoms with Gasteiger partial charge in [0, 0.05) is 5.10 Å². The van der Waals surface area contributed by atoms with Gasteiger partial charge in [-0.05, 0) is 17.4 Å². The highest BCUT2D eigenvalue weighted by Gasteiger charge is 2.12. The van der Waals surface area contributed by atoms with Crippen LogP contribution in [-0.4, -0.2) is 19.7 Å². The zero-order chi connectivity index (χ0) is 11.5. The molecule has 0 aliphatic heterocycles. The van der Waals surface area contributed by atoms with E-state index in [9.17, 15) is 10.1 Å². The molecule has 0 fully saturated rings. The van der Waals surface area contributed by atoms with Crippen molar-refractivity contribution in [1.29, 1.82) is 0 Å². The van der Waals surface area contributed by atoms with E-state index in [1.807, 2.05) is 31.2 Å². The number of benzene rings is 1. The number of aromatic nitrogens is 3. The molecular weight excluding hydrogens is 208 g/mol. The minimum atomic E-state index is -0.604. The average Bonchev–Trinajstić information content (AvgIpc) is 2.66. The molecule has 6 heteroatoms. The lowest BCUT2D eigenvalue weighted by Gasteiger charge is -1.99. The monoisotopic (exact) mass is 218 g/mol. The molecule has 0 aliphatic carbocycles. The molecule has 0 aliphatic rings. The zero-order valence-electron chi connectivity index (χ0n) is 8.70. The first-order valence-corrected chi connectivity index (χ1v) is 4.74. The molecule has 0 spiro atoms. The van der Waals surface area contributed by atoms with Crippen molar-refractivity contribution in [1.82, 2.24) is 14.8 Å². The van der Waals surface area contributed by atoms with Crippen molar-refractivity contribution in [2.75, 3.05) is 0 Å². The standard InChI is InChI=1S/C10H10N4O2/c1-8-3-2-4-9(5-8)6-13-7-11-10(12-13)14(15)16/h2-5,7H,6H2,1H3. The van der Waals surface area contributed by atoms with Crippen LogP contribution < -0.4 is 0 Å². The van der Waals surface area contributed by atoms with Gasteiger partial charge < -0.3 is 10.1 Å². The maximum absolute atomic E-state index is 10.4. The van der Waals surface area contributed by atoms with Crippen molar-refractivity contribution in [3.63, 3.8) is 0 Å². The fraction of sp³-hybridized carbons (Fsp3) is 0.200. The number of hydrogen-bond acceptors (Lipinski definition) is 4. The molecule has 0 saturated heterocycles. The Kier molecular flexibility index (Phi) is 2.63. The summed E-state index contributed by atoms with van der Waals surface area (Å²) < 4.78 is 1.45. The van der Waals surface area contributed by atoms with Gasteiger partial charge in [0.1, 0.15) is 0 Å². The lowest BCUT2D eigenvalue weighted by Crippen LogP contribution is -2.01. The van der Waals surface area contributed by atoms with Crippen molar-refractivity contribution in [2.45, 2.75) is 13.5 Å². The third-order valence-corrected chi connectivity index (χ3v) is 2.11. The van der Waals surface area contributed by atoms with Gasteiger partial charge in [0.15, 0.2) is 0 Å². The molecule has 1 aromatic heterocycles. The zero-order valence-corrected chi connectivity index (χ0v) is 8.70. The van der Waals surface area contributed by atoms with Crippen LogP contribution in [0.5, 0.6) is 0 Å². The van der Waals surface area contributed by atoms with Crippen LogP contribution in [0.15, 0.2) is 30.6 Å². The fourth-order valence-corrected chi connectivity index (χ4v) is 1.44. The Morgan fingerprint density at radius 1 is 1.50 bits per heavy atom. The van der Waals surface area contributed by atoms with Crippen LogP contribution in [0.25, 0.3) is 0 Å². The molecule has 2 rings (SSSR count). The normalized spacial score (nSPS) is 10.3. The van der Waals surface area contributed by atoms with Crippen LogP contribution in [0.3, 0.4) is 0 Å². The molecule has 0 unspecified atom stereocenters. The molecule has 0 atom stereocenters. The van der Waals surface area contributed by atoms with Crippen molar-refractivity contribution >= 4 is 5.95 Å². The molecule has 0 saturated carbocycles. The average molecular weight is 218 g/mol. The first-order valence-electron chi connectivity index (χ1n) is 4.74. The minimum Gasteiger partial charge on any atom is -0.390 e. The summed E-state index contributed by atoms with van der Waals surface area (Å²) in [6.45, 7) is 2.48. The van der Waals surface area contributed by atoms with E-state index in [-0.39, 0.29) is 5.95 Å². The van der Waals surface area contributed by atoms with Gasteiger partial charge >= 0.3 is 5.95 Å². The molecule has 16 heavy (non-hydrogen) atoms. The topological polar surface area (TPSA) is 73.8 Å². The highest BCUT2D eigenvalue weighted by atomic mass is 16.6. The van der Waals surface area contributed by atoms with E-state index in [1.165, 1.54) is 11.0 Å². The van der Waals surface area contributed by atoms with Crippen LogP contribution in [0.4, 0.5) is 5.95 Å². The quantitative estimate of drug-likeness (QED) is 0.578. The number of aryl methyl sites for hydroxylation is 1. The Labute approximate surface area is 91.7 Å². The maximum atomic E-state index is 10.4. The second-order valence-electron chi connectivity index (χ2n) is 3.49. The van der Waals surface area contributed by atoms with Gasteiger partial charge in [-0.15, -0.1) is 0 Å². The second-order valence-corrected chi connectivity index (χ2v) is 3.49. The predicted octanol–water partition coefficient (Wildman–Crippen LogP) is 1.54. The van der Waals surface area contributed by atoms with Crippen LogP contribution in [0.2, 0.25) is 0 Å². The molecular formula is C10H10N4O2. The molecule has 2 aromatic rings. The van der Waals surface area contributed by atoms with E-state index in [0.717, 1.165) is 11.1 Å². The lowest BCUT2D eigenvalue weighted by molar-refractivity contribution is -0.394. The third kappa shape index (κ3) is 2.22. The largest absolute Gasteiger partial charge is 0.490 e. The molecule has 1 aromatic carbocycles. The van der Waals surface area contributed by atoms with E-state index in [0.29, 0.717) is 6.54 Å². The summed E-state index contributed by atoms with van der Waals surface area (Å²) in [6, 6.07) is 7.89. The van der Waals surface area contributed by atoms with E-state index in [1.54, 1.807) is 0 Å². The summed E-state index contributed by atoms with van der Waals surface area (Å²) in [4.78, 5) is 13.4. The summed E-state index contributed by atoms with van der Waals surface area (Å²) in [5, 5.41) is 14.1. The molecule has 0 radical (unpaired) electrons. The molecule has 0 N–H and O–H groups in total. The number of hydrogen-bond donors (Lipinski definition) is 0. The van der Waals surface area contributed by atoms with Crippen LogP contribution in [0, 0.1) is 17.0 Å². The van der Waals surface area contributed by atoms with Crippen LogP contribution in [-0.2, 0) is 6.54 Å². The van der Waals surface area contributed by atoms with E-state index in [4.69, 9.17) is 0 Å². The molecule has 0 amide bonds. The molecule has 0 bridgehead atoms. The Hall–Kier alpha value is -2.24. The van der Waals surface area contributed by atoms with Gasteiger partial charge in [-0.1, -0.05) is 34.8 Å². The van der Waals surface area contributed by atoms with Crippen molar-refractivity contribution in [3.05, 3.63) is 51.8 Å². The van der Waals surface area contributed by atoms with Gasteiger partial charge in [0.2, 0.25) is 6.33 Å². The Morgan fingerprint density at radius 2 is 2.31 bits per heavy atom. The highest BCUT2D eigenvalue weighted by molar-refractivity contribution is 5.22. The number of rotatable bonds is 3. The van der Waals surface area contributed by atoms with Crippen LogP contribution >= 0.6 is 0 Å². The van der Waals surface area contributed by atoms with Gasteiger partial charge in [-0.3, -0.25) is 0 Å². The smallest absolute Gasteiger partial charge is 0.390 e. The number of nitrogens with zero attached hydrogens (tertiary/aromatic N) is 4. The second kappa shape index (κ2) is 4.09. The fourth-order valence-electron chi connectivity index (χ4n) is 1.44. The van der Waals surface area contributed by atoms with Crippen LogP contribution in [0.1, 0.15) is 11.1 Å². The van der Waals surface area contributed by atoms with Crippen molar-refractivity contribution < 1.29 is 4.92 Å². The Balaban J connectivity index is 2.17. The van der Waals surface area contributed by atoms with Gasteiger partial charge in [-0.25, -0.2) is 0 Å². The van der Waals surface area contributed by atoms with Crippen molar-refractivity contribution in [2.24, 2.45) is 0 Å². The summed E-state index contributed by atoms with van der Waals surface area (Å²) in [5.74, 6) is -0.368. The molecule has 1 heterocycles. The van der Waals surface area contributed by atoms with Crippen molar-refractivity contribution in [3.8, 4) is 0 Å². The van der Waals surface area contributed by atoms with E-state index < -0.39 is 4.92 Å². The summed E-state index contributed by atoms with van der Waals surface area (Å²) in [5.41, 5.74) is 2.19. The summed E-state index contributed by atoms with van der Waals surface area (Å²) in [7, 11) is 0. The maximum Gasteiger partial charge on any atom is 0.490 e. The molecule has 82 valence electrons. The first-order chi connectivity index (χ1) is 7.65. The Bertz CT molecular complexity index is 521. The van der Waals surface area contributed by atoms with Gasteiger partial charge in [-0.2, -0.15) is 4.68 Å². The summed E-state index contributed by atoms with van der Waals surface area (Å²) in [6.07, 6.45) is 1.36. The lowest BCUT2D eigenvalue weighted by atomic mass is 10.1. The molecule has 6 nitrogen and oxygen atoms in total. The highest BCUT2D eigenvalue weighted by Crippen LogP contribution is 2.07. The third-order valence-electron chi connectivity index (χ3n) is 2.11. The predicted molar refractivity (Wildman–Crippen MR) is 57.0 cm³/mol. The van der Waals surface area contributed by atoms with E-state index in [2.05, 4.69) is 10.1 Å². The van der Waals surface area contributed by atoms with Gasteiger partial charge in [0.05, 0.1) is 6.54 Å². The van der Waals surface area contributed by atoms with Gasteiger partial charge in [0.25, 0.3) is 0 Å². The van der Waals surface area contributed by atoms with E-state index >= 15 is 0 Å². The Morgan fingerprint density at radius 3 is 2.94 bits per heavy atom. The number of nitro groups is 1. The summed E-state index contributed by atoms with van der Waals surface area (Å²) >= 11 is 0. The first kappa shape index (κ1) is 10.3.